The molecule has 5 nitrogen and oxygen atoms in total. The first-order valence-electron chi connectivity index (χ1n) is 9.51. The van der Waals surface area contributed by atoms with E-state index in [2.05, 4.69) is 49.7 Å². The third-order valence-electron chi connectivity index (χ3n) is 4.95. The number of pyridine rings is 1. The number of benzene rings is 1. The fourth-order valence-corrected chi connectivity index (χ4v) is 3.62. The quantitative estimate of drug-likeness (QED) is 0.500. The van der Waals surface area contributed by atoms with Crippen molar-refractivity contribution >= 4 is 27.7 Å². The van der Waals surface area contributed by atoms with E-state index in [0.717, 1.165) is 29.3 Å². The molecule has 1 amide bonds. The van der Waals surface area contributed by atoms with E-state index < -0.39 is 5.91 Å². The lowest BCUT2D eigenvalue weighted by molar-refractivity contribution is -0.117. The van der Waals surface area contributed by atoms with Gasteiger partial charge in [-0.3, -0.25) is 4.79 Å². The molecule has 6 heteroatoms. The monoisotopic (exact) mass is 438 g/mol. The van der Waals surface area contributed by atoms with Gasteiger partial charge in [0.25, 0.3) is 5.91 Å². The molecule has 0 radical (unpaired) electrons. The van der Waals surface area contributed by atoms with E-state index in [0.29, 0.717) is 5.82 Å². The molecule has 1 aromatic heterocycles. The highest BCUT2D eigenvalue weighted by Gasteiger charge is 2.18. The second-order valence-corrected chi connectivity index (χ2v) is 7.76. The lowest BCUT2D eigenvalue weighted by atomic mass is 9.88. The number of hydrogen-bond acceptors (Lipinski definition) is 4. The Labute approximate surface area is 174 Å². The Balaban J connectivity index is 1.70. The Morgan fingerprint density at radius 1 is 1.29 bits per heavy atom. The first-order valence-corrected chi connectivity index (χ1v) is 10.3. The van der Waals surface area contributed by atoms with Gasteiger partial charge >= 0.3 is 0 Å². The summed E-state index contributed by atoms with van der Waals surface area (Å²) < 4.78 is 0.858. The summed E-state index contributed by atoms with van der Waals surface area (Å²) in [6.45, 7) is 2.03. The molecule has 1 aromatic carbocycles. The highest BCUT2D eigenvalue weighted by Crippen LogP contribution is 2.26. The maximum absolute atomic E-state index is 12.6. The van der Waals surface area contributed by atoms with Crippen molar-refractivity contribution in [2.24, 2.45) is 0 Å². The van der Waals surface area contributed by atoms with E-state index in [1.165, 1.54) is 30.2 Å². The number of nitrogens with one attached hydrogen (secondary N) is 2. The molecule has 0 spiro atoms. The molecular weight excluding hydrogens is 416 g/mol. The van der Waals surface area contributed by atoms with Gasteiger partial charge in [-0.1, -0.05) is 25.1 Å². The highest BCUT2D eigenvalue weighted by molar-refractivity contribution is 9.10. The molecule has 1 heterocycles. The minimum atomic E-state index is -0.392. The van der Waals surface area contributed by atoms with Crippen LogP contribution in [0.25, 0.3) is 0 Å². The summed E-state index contributed by atoms with van der Waals surface area (Å²) in [5.74, 6) is 0.169. The SMILES string of the molecule is CCC(NC(=O)/C(C#N)=C\Nc1ccc(Br)cn1)c1ccc2c(c1)CCCC2. The zero-order valence-electron chi connectivity index (χ0n) is 15.8. The van der Waals surface area contributed by atoms with Gasteiger partial charge < -0.3 is 10.6 Å². The molecule has 1 aliphatic carbocycles. The van der Waals surface area contributed by atoms with Crippen molar-refractivity contribution in [1.82, 2.24) is 10.3 Å². The van der Waals surface area contributed by atoms with E-state index in [-0.39, 0.29) is 11.6 Å². The molecule has 1 atom stereocenters. The third kappa shape index (κ3) is 4.99. The number of anilines is 1. The zero-order valence-corrected chi connectivity index (χ0v) is 17.4. The molecule has 2 aromatic rings. The van der Waals surface area contributed by atoms with Gasteiger partial charge in [0.05, 0.1) is 6.04 Å². The lowest BCUT2D eigenvalue weighted by Gasteiger charge is -2.21. The number of amides is 1. The number of aromatic nitrogens is 1. The van der Waals surface area contributed by atoms with E-state index in [4.69, 9.17) is 0 Å². The predicted molar refractivity (Wildman–Crippen MR) is 114 cm³/mol. The average molecular weight is 439 g/mol. The van der Waals surface area contributed by atoms with E-state index in [1.807, 2.05) is 19.1 Å². The molecule has 0 saturated heterocycles. The number of rotatable bonds is 6. The number of carbonyl (C=O) groups excluding carboxylic acids is 1. The summed E-state index contributed by atoms with van der Waals surface area (Å²) in [5.41, 5.74) is 3.91. The van der Waals surface area contributed by atoms with Crippen LogP contribution in [0.2, 0.25) is 0 Å². The van der Waals surface area contributed by atoms with Gasteiger partial charge in [-0.25, -0.2) is 4.98 Å². The molecule has 1 unspecified atom stereocenters. The van der Waals surface area contributed by atoms with Gasteiger partial charge in [0, 0.05) is 16.9 Å². The summed E-state index contributed by atoms with van der Waals surface area (Å²) in [6.07, 6.45) is 8.49. The fraction of sp³-hybridized carbons (Fsp3) is 0.318. The highest BCUT2D eigenvalue weighted by atomic mass is 79.9. The largest absolute Gasteiger partial charge is 0.345 e. The summed E-state index contributed by atoms with van der Waals surface area (Å²) >= 11 is 3.32. The van der Waals surface area contributed by atoms with Crippen LogP contribution in [0.15, 0.2) is 52.8 Å². The second-order valence-electron chi connectivity index (χ2n) is 6.85. The van der Waals surface area contributed by atoms with Gasteiger partial charge in [-0.05, 0) is 76.9 Å². The van der Waals surface area contributed by atoms with E-state index >= 15 is 0 Å². The number of hydrogen-bond donors (Lipinski definition) is 2. The van der Waals surface area contributed by atoms with Crippen molar-refractivity contribution in [2.75, 3.05) is 5.32 Å². The van der Waals surface area contributed by atoms with Gasteiger partial charge in [-0.2, -0.15) is 5.26 Å². The van der Waals surface area contributed by atoms with Crippen molar-refractivity contribution in [3.05, 3.63) is 69.5 Å². The van der Waals surface area contributed by atoms with Crippen LogP contribution < -0.4 is 10.6 Å². The van der Waals surface area contributed by atoms with Gasteiger partial charge in [0.1, 0.15) is 17.5 Å². The number of nitrogens with zero attached hydrogens (tertiary/aromatic N) is 2. The standard InChI is InChI=1S/C22H23BrN4O/c1-2-20(17-8-7-15-5-3-4-6-16(15)11-17)27-22(28)18(12-24)13-25-21-10-9-19(23)14-26-21/h7-11,13-14,20H,2-6H2,1H3,(H,25,26)(H,27,28)/b18-13-. The Hall–Kier alpha value is -2.65. The van der Waals surface area contributed by atoms with Crippen molar-refractivity contribution in [3.63, 3.8) is 0 Å². The van der Waals surface area contributed by atoms with Gasteiger partial charge in [-0.15, -0.1) is 0 Å². The van der Waals surface area contributed by atoms with E-state index in [9.17, 15) is 10.1 Å². The molecule has 144 valence electrons. The van der Waals surface area contributed by atoms with Gasteiger partial charge in [0.15, 0.2) is 0 Å². The Bertz CT molecular complexity index is 915. The number of fused-ring (bicyclic) bond motifs is 1. The van der Waals surface area contributed by atoms with Crippen molar-refractivity contribution in [1.29, 1.82) is 5.26 Å². The van der Waals surface area contributed by atoms with Crippen LogP contribution in [0.4, 0.5) is 5.82 Å². The molecule has 0 fully saturated rings. The topological polar surface area (TPSA) is 77.8 Å². The minimum Gasteiger partial charge on any atom is -0.345 e. The van der Waals surface area contributed by atoms with Crippen LogP contribution in [0, 0.1) is 11.3 Å². The van der Waals surface area contributed by atoms with Crippen LogP contribution in [0.3, 0.4) is 0 Å². The molecule has 1 aliphatic rings. The first kappa shape index (κ1) is 20.1. The first-order chi connectivity index (χ1) is 13.6. The molecular formula is C22H23BrN4O. The van der Waals surface area contributed by atoms with Crippen molar-refractivity contribution in [2.45, 2.75) is 45.1 Å². The molecule has 0 saturated carbocycles. The van der Waals surface area contributed by atoms with Crippen molar-refractivity contribution in [3.8, 4) is 6.07 Å². The van der Waals surface area contributed by atoms with Gasteiger partial charge in [0.2, 0.25) is 0 Å². The van der Waals surface area contributed by atoms with Crippen molar-refractivity contribution < 1.29 is 4.79 Å². The second kappa shape index (κ2) is 9.52. The Morgan fingerprint density at radius 3 is 2.75 bits per heavy atom. The third-order valence-corrected chi connectivity index (χ3v) is 5.41. The Kier molecular flexibility index (Phi) is 6.83. The zero-order chi connectivity index (χ0) is 19.9. The molecule has 0 aliphatic heterocycles. The molecule has 0 bridgehead atoms. The lowest BCUT2D eigenvalue weighted by Crippen LogP contribution is -2.29. The van der Waals surface area contributed by atoms with Crippen LogP contribution in [-0.2, 0) is 17.6 Å². The Morgan fingerprint density at radius 2 is 2.07 bits per heavy atom. The normalized spacial score (nSPS) is 14.5. The van der Waals surface area contributed by atoms with Crippen LogP contribution in [0.5, 0.6) is 0 Å². The predicted octanol–water partition coefficient (Wildman–Crippen LogP) is 4.81. The van der Waals surface area contributed by atoms with Crippen LogP contribution in [0.1, 0.15) is 48.9 Å². The fourth-order valence-electron chi connectivity index (χ4n) is 3.38. The summed E-state index contributed by atoms with van der Waals surface area (Å²) in [4.78, 5) is 16.8. The number of nitriles is 1. The molecule has 3 rings (SSSR count). The maximum Gasteiger partial charge on any atom is 0.263 e. The molecule has 28 heavy (non-hydrogen) atoms. The number of aryl methyl sites for hydroxylation is 2. The average Bonchev–Trinajstić information content (AvgIpc) is 2.73. The smallest absolute Gasteiger partial charge is 0.263 e. The van der Waals surface area contributed by atoms with E-state index in [1.54, 1.807) is 12.3 Å². The number of halogens is 1. The summed E-state index contributed by atoms with van der Waals surface area (Å²) in [6, 6.07) is 11.9. The van der Waals surface area contributed by atoms with Crippen LogP contribution >= 0.6 is 15.9 Å². The minimum absolute atomic E-state index is 0.0149. The maximum atomic E-state index is 12.6. The number of carbonyl (C=O) groups is 1. The summed E-state index contributed by atoms with van der Waals surface area (Å²) in [7, 11) is 0. The molecule has 2 N–H and O–H groups in total. The van der Waals surface area contributed by atoms with Crippen LogP contribution in [-0.4, -0.2) is 10.9 Å². The summed E-state index contributed by atoms with van der Waals surface area (Å²) in [5, 5.41) is 15.3.